The monoisotopic (exact) mass is 553 g/mol. The van der Waals surface area contributed by atoms with Crippen LogP contribution in [0.5, 0.6) is 11.5 Å². The summed E-state index contributed by atoms with van der Waals surface area (Å²) in [6.07, 6.45) is 1.47. The van der Waals surface area contributed by atoms with Crippen LogP contribution in [0, 0.1) is 0 Å². The minimum absolute atomic E-state index is 0.0897. The van der Waals surface area contributed by atoms with Gasteiger partial charge in [-0.3, -0.25) is 4.79 Å². The molecule has 0 spiro atoms. The Morgan fingerprint density at radius 1 is 1.14 bits per heavy atom. The fraction of sp³-hybridized carbons (Fsp3) is 0.120. The maximum absolute atomic E-state index is 12.5. The maximum Gasteiger partial charge on any atom is 0.343 e. The van der Waals surface area contributed by atoms with Gasteiger partial charge in [-0.05, 0) is 64.8 Å². The van der Waals surface area contributed by atoms with E-state index in [4.69, 9.17) is 13.9 Å². The lowest BCUT2D eigenvalue weighted by molar-refractivity contribution is -0.118. The van der Waals surface area contributed by atoms with Gasteiger partial charge < -0.3 is 13.9 Å². The van der Waals surface area contributed by atoms with Crippen LogP contribution in [0.3, 0.4) is 0 Å². The van der Waals surface area contributed by atoms with Gasteiger partial charge in [0.2, 0.25) is 0 Å². The average molecular weight is 554 g/mol. The zero-order valence-corrected chi connectivity index (χ0v) is 21.0. The lowest BCUT2D eigenvalue weighted by Gasteiger charge is -2.13. The summed E-state index contributed by atoms with van der Waals surface area (Å²) >= 11 is 4.61. The number of ether oxygens (including phenoxy) is 2. The van der Waals surface area contributed by atoms with E-state index in [0.29, 0.717) is 38.8 Å². The van der Waals surface area contributed by atoms with E-state index in [1.165, 1.54) is 18.0 Å². The van der Waals surface area contributed by atoms with Crippen molar-refractivity contribution in [1.29, 1.82) is 0 Å². The van der Waals surface area contributed by atoms with Crippen LogP contribution in [0.15, 0.2) is 85.9 Å². The molecule has 0 unspecified atom stereocenters. The van der Waals surface area contributed by atoms with Crippen molar-refractivity contribution in [3.05, 3.63) is 82.3 Å². The highest BCUT2D eigenvalue weighted by molar-refractivity contribution is 9.10. The molecular formula is C25H20BrN3O5S. The highest BCUT2D eigenvalue weighted by Crippen LogP contribution is 2.37. The molecule has 10 heteroatoms. The van der Waals surface area contributed by atoms with E-state index >= 15 is 0 Å². The van der Waals surface area contributed by atoms with E-state index < -0.39 is 5.97 Å². The molecule has 178 valence electrons. The molecule has 35 heavy (non-hydrogen) atoms. The Morgan fingerprint density at radius 3 is 2.69 bits per heavy atom. The van der Waals surface area contributed by atoms with Crippen molar-refractivity contribution in [2.45, 2.75) is 12.1 Å². The Morgan fingerprint density at radius 2 is 1.91 bits per heavy atom. The van der Waals surface area contributed by atoms with E-state index in [1.54, 1.807) is 36.4 Å². The molecule has 1 heterocycles. The molecule has 3 aromatic carbocycles. The van der Waals surface area contributed by atoms with Gasteiger partial charge in [0.25, 0.3) is 11.1 Å². The molecule has 0 radical (unpaired) electrons. The second-order valence-corrected chi connectivity index (χ2v) is 8.83. The number of esters is 1. The Balaban J connectivity index is 1.38. The van der Waals surface area contributed by atoms with Crippen LogP contribution in [-0.4, -0.2) is 35.4 Å². The molecule has 4 aromatic rings. The first-order valence-corrected chi connectivity index (χ1v) is 12.3. The molecule has 0 saturated carbocycles. The standard InChI is InChI=1S/C25H20BrN3O5S/c1-2-32-21-13-16(12-18(26)23(21)34-24(31)17-8-4-3-5-9-17)14-27-29-22(30)15-35-25-28-19-10-6-7-11-20(19)33-25/h3-14H,2,15H2,1H3,(H,29,30)/b27-14-. The summed E-state index contributed by atoms with van der Waals surface area (Å²) in [5.74, 6) is -0.0997. The molecule has 0 saturated heterocycles. The third-order valence-electron chi connectivity index (χ3n) is 4.54. The van der Waals surface area contributed by atoms with Crippen molar-refractivity contribution in [3.8, 4) is 11.5 Å². The molecule has 1 amide bonds. The number of thioether (sulfide) groups is 1. The van der Waals surface area contributed by atoms with Crippen LogP contribution in [0.1, 0.15) is 22.8 Å². The van der Waals surface area contributed by atoms with Crippen LogP contribution in [0.25, 0.3) is 11.1 Å². The van der Waals surface area contributed by atoms with E-state index in [2.05, 4.69) is 31.4 Å². The van der Waals surface area contributed by atoms with Gasteiger partial charge in [-0.25, -0.2) is 15.2 Å². The molecule has 1 aromatic heterocycles. The van der Waals surface area contributed by atoms with Crippen molar-refractivity contribution < 1.29 is 23.5 Å². The largest absolute Gasteiger partial charge is 0.490 e. The van der Waals surface area contributed by atoms with Crippen molar-refractivity contribution >= 4 is 56.9 Å². The Labute approximate surface area is 213 Å². The number of halogens is 1. The first-order valence-electron chi connectivity index (χ1n) is 10.6. The molecule has 0 aliphatic heterocycles. The molecule has 0 aliphatic carbocycles. The number of fused-ring (bicyclic) bond motifs is 1. The van der Waals surface area contributed by atoms with Crippen LogP contribution in [-0.2, 0) is 4.79 Å². The number of nitrogens with zero attached hydrogens (tertiary/aromatic N) is 2. The molecular weight excluding hydrogens is 534 g/mol. The number of amides is 1. The third-order valence-corrected chi connectivity index (χ3v) is 5.96. The maximum atomic E-state index is 12.5. The fourth-order valence-electron chi connectivity index (χ4n) is 3.00. The Hall–Kier alpha value is -3.63. The minimum Gasteiger partial charge on any atom is -0.490 e. The zero-order chi connectivity index (χ0) is 24.6. The fourth-order valence-corrected chi connectivity index (χ4v) is 4.17. The van der Waals surface area contributed by atoms with Crippen molar-refractivity contribution in [2.24, 2.45) is 5.10 Å². The lowest BCUT2D eigenvalue weighted by atomic mass is 10.2. The number of carbonyl (C=O) groups is 2. The van der Waals surface area contributed by atoms with E-state index in [0.717, 1.165) is 5.52 Å². The number of rotatable bonds is 9. The number of benzene rings is 3. The molecule has 0 atom stereocenters. The number of hydrogen-bond acceptors (Lipinski definition) is 8. The average Bonchev–Trinajstić information content (AvgIpc) is 3.28. The van der Waals surface area contributed by atoms with E-state index in [9.17, 15) is 9.59 Å². The second kappa shape index (κ2) is 11.7. The Bertz CT molecular complexity index is 1340. The van der Waals surface area contributed by atoms with Gasteiger partial charge in [0.1, 0.15) is 5.52 Å². The van der Waals surface area contributed by atoms with Gasteiger partial charge in [0.15, 0.2) is 17.1 Å². The minimum atomic E-state index is -0.502. The lowest BCUT2D eigenvalue weighted by Crippen LogP contribution is -2.19. The number of carbonyl (C=O) groups excluding carboxylic acids is 2. The number of aromatic nitrogens is 1. The SMILES string of the molecule is CCOc1cc(/C=N\NC(=O)CSc2nc3ccccc3o2)cc(Br)c1OC(=O)c1ccccc1. The number of oxazole rings is 1. The van der Waals surface area contributed by atoms with Gasteiger partial charge in [0.05, 0.1) is 28.6 Å². The predicted octanol–water partition coefficient (Wildman–Crippen LogP) is 5.45. The number of hydrogen-bond donors (Lipinski definition) is 1. The summed E-state index contributed by atoms with van der Waals surface area (Å²) in [5, 5.41) is 4.42. The molecule has 0 bridgehead atoms. The molecule has 1 N–H and O–H groups in total. The highest BCUT2D eigenvalue weighted by atomic mass is 79.9. The van der Waals surface area contributed by atoms with Crippen LogP contribution in [0.4, 0.5) is 0 Å². The van der Waals surface area contributed by atoms with Crippen molar-refractivity contribution in [1.82, 2.24) is 10.4 Å². The number of para-hydroxylation sites is 2. The molecule has 0 aliphatic rings. The van der Waals surface area contributed by atoms with Crippen LogP contribution < -0.4 is 14.9 Å². The first kappa shape index (κ1) is 24.5. The van der Waals surface area contributed by atoms with Gasteiger partial charge in [-0.2, -0.15) is 5.10 Å². The van der Waals surface area contributed by atoms with E-state index in [1.807, 2.05) is 37.3 Å². The van der Waals surface area contributed by atoms with Gasteiger partial charge >= 0.3 is 5.97 Å². The summed E-state index contributed by atoms with van der Waals surface area (Å²) in [4.78, 5) is 29.0. The van der Waals surface area contributed by atoms with Crippen LogP contribution in [0.2, 0.25) is 0 Å². The second-order valence-electron chi connectivity index (χ2n) is 7.05. The zero-order valence-electron chi connectivity index (χ0n) is 18.6. The predicted molar refractivity (Wildman–Crippen MR) is 137 cm³/mol. The van der Waals surface area contributed by atoms with Gasteiger partial charge in [-0.1, -0.05) is 42.1 Å². The summed E-state index contributed by atoms with van der Waals surface area (Å²) in [7, 11) is 0. The van der Waals surface area contributed by atoms with Gasteiger partial charge in [0, 0.05) is 0 Å². The molecule has 4 rings (SSSR count). The van der Waals surface area contributed by atoms with Crippen molar-refractivity contribution in [3.63, 3.8) is 0 Å². The van der Waals surface area contributed by atoms with E-state index in [-0.39, 0.29) is 17.4 Å². The normalized spacial score (nSPS) is 11.0. The summed E-state index contributed by atoms with van der Waals surface area (Å²) < 4.78 is 17.3. The smallest absolute Gasteiger partial charge is 0.343 e. The van der Waals surface area contributed by atoms with Gasteiger partial charge in [-0.15, -0.1) is 0 Å². The molecule has 8 nitrogen and oxygen atoms in total. The van der Waals surface area contributed by atoms with Crippen molar-refractivity contribution in [2.75, 3.05) is 12.4 Å². The quantitative estimate of drug-likeness (QED) is 0.0965. The third kappa shape index (κ3) is 6.49. The topological polar surface area (TPSA) is 103 Å². The summed E-state index contributed by atoms with van der Waals surface area (Å²) in [6, 6.07) is 19.4. The molecule has 0 fully saturated rings. The summed E-state index contributed by atoms with van der Waals surface area (Å²) in [6.45, 7) is 2.19. The Kier molecular flexibility index (Phi) is 8.17. The highest BCUT2D eigenvalue weighted by Gasteiger charge is 2.17. The number of nitrogens with one attached hydrogen (secondary N) is 1. The number of hydrazone groups is 1. The summed E-state index contributed by atoms with van der Waals surface area (Å²) in [5.41, 5.74) is 4.93. The van der Waals surface area contributed by atoms with Crippen LogP contribution >= 0.6 is 27.7 Å². The first-order chi connectivity index (χ1) is 17.0.